The largest absolute Gasteiger partial charge is 0.469 e. The smallest absolute Gasteiger partial charge is 0.416 e. The number of anilines is 1. The molecule has 0 saturated heterocycles. The number of halogens is 4. The molecule has 1 N–H and O–H groups in total. The Labute approximate surface area is 134 Å². The summed E-state index contributed by atoms with van der Waals surface area (Å²) in [4.78, 5) is 11.5. The van der Waals surface area contributed by atoms with Crippen LogP contribution in [0, 0.1) is 5.92 Å². The third kappa shape index (κ3) is 4.03. The molecular weight excluding hydrogens is 363 g/mol. The van der Waals surface area contributed by atoms with Crippen molar-refractivity contribution < 1.29 is 22.7 Å². The van der Waals surface area contributed by atoms with Gasteiger partial charge in [0, 0.05) is 10.2 Å². The van der Waals surface area contributed by atoms with Gasteiger partial charge in [0.2, 0.25) is 0 Å². The second-order valence-electron chi connectivity index (χ2n) is 5.03. The molecule has 1 aliphatic rings. The van der Waals surface area contributed by atoms with Gasteiger partial charge in [0.15, 0.2) is 0 Å². The summed E-state index contributed by atoms with van der Waals surface area (Å²) in [5.74, 6) is -0.574. The van der Waals surface area contributed by atoms with E-state index in [1.54, 1.807) is 6.08 Å². The topological polar surface area (TPSA) is 38.3 Å². The average Bonchev–Trinajstić information content (AvgIpc) is 2.48. The van der Waals surface area contributed by atoms with E-state index in [4.69, 9.17) is 4.74 Å². The Balaban J connectivity index is 2.04. The van der Waals surface area contributed by atoms with Gasteiger partial charge in [-0.3, -0.25) is 4.79 Å². The number of hydrogen-bond donors (Lipinski definition) is 1. The summed E-state index contributed by atoms with van der Waals surface area (Å²) in [7, 11) is 1.34. The summed E-state index contributed by atoms with van der Waals surface area (Å²) < 4.78 is 43.0. The first kappa shape index (κ1) is 16.9. The summed E-state index contributed by atoms with van der Waals surface area (Å²) in [6.07, 6.45) is -1.26. The molecule has 0 aliphatic heterocycles. The average molecular weight is 378 g/mol. The first-order chi connectivity index (χ1) is 10.3. The Morgan fingerprint density at radius 2 is 1.91 bits per heavy atom. The molecule has 0 aromatic heterocycles. The third-order valence-corrected chi connectivity index (χ3v) is 4.33. The maximum atomic E-state index is 12.5. The molecule has 22 heavy (non-hydrogen) atoms. The number of rotatable bonds is 3. The fraction of sp³-hybridized carbons (Fsp3) is 0.400. The van der Waals surface area contributed by atoms with Gasteiger partial charge < -0.3 is 10.1 Å². The van der Waals surface area contributed by atoms with Crippen LogP contribution in [0.2, 0.25) is 0 Å². The number of benzene rings is 1. The van der Waals surface area contributed by atoms with Gasteiger partial charge in [0.05, 0.1) is 24.6 Å². The predicted molar refractivity (Wildman–Crippen MR) is 80.6 cm³/mol. The Hall–Kier alpha value is -1.50. The van der Waals surface area contributed by atoms with E-state index in [1.807, 2.05) is 0 Å². The molecule has 0 saturated carbocycles. The first-order valence-corrected chi connectivity index (χ1v) is 7.49. The van der Waals surface area contributed by atoms with Crippen LogP contribution in [-0.2, 0) is 15.7 Å². The van der Waals surface area contributed by atoms with Crippen LogP contribution in [0.5, 0.6) is 0 Å². The molecule has 0 amide bonds. The lowest BCUT2D eigenvalue weighted by atomic mass is 9.92. The molecule has 2 unspecified atom stereocenters. The van der Waals surface area contributed by atoms with Crippen molar-refractivity contribution in [1.29, 1.82) is 0 Å². The normalized spacial score (nSPS) is 22.0. The molecule has 1 aliphatic carbocycles. The van der Waals surface area contributed by atoms with Crippen LogP contribution < -0.4 is 5.32 Å². The molecule has 1 aromatic rings. The SMILES string of the molecule is COC(=O)C1C=C(Br)C(Nc2ccc(C(F)(F)F)cc2)CC1. The van der Waals surface area contributed by atoms with E-state index in [-0.39, 0.29) is 17.9 Å². The number of carbonyl (C=O) groups is 1. The van der Waals surface area contributed by atoms with Crippen LogP contribution >= 0.6 is 15.9 Å². The Morgan fingerprint density at radius 1 is 1.27 bits per heavy atom. The number of methoxy groups -OCH3 is 1. The maximum Gasteiger partial charge on any atom is 0.416 e. The number of hydrogen-bond acceptors (Lipinski definition) is 3. The van der Waals surface area contributed by atoms with Crippen LogP contribution in [-0.4, -0.2) is 19.1 Å². The van der Waals surface area contributed by atoms with Crippen molar-refractivity contribution >= 4 is 27.6 Å². The van der Waals surface area contributed by atoms with Gasteiger partial charge in [0.1, 0.15) is 0 Å². The van der Waals surface area contributed by atoms with Crippen LogP contribution in [0.1, 0.15) is 18.4 Å². The van der Waals surface area contributed by atoms with E-state index >= 15 is 0 Å². The third-order valence-electron chi connectivity index (χ3n) is 3.52. The fourth-order valence-corrected chi connectivity index (χ4v) is 2.97. The number of ether oxygens (including phenoxy) is 1. The van der Waals surface area contributed by atoms with Gasteiger partial charge in [-0.15, -0.1) is 0 Å². The van der Waals surface area contributed by atoms with Gasteiger partial charge in [-0.25, -0.2) is 0 Å². The highest BCUT2D eigenvalue weighted by molar-refractivity contribution is 9.11. The Morgan fingerprint density at radius 3 is 2.41 bits per heavy atom. The molecule has 2 rings (SSSR count). The molecule has 0 heterocycles. The minimum absolute atomic E-state index is 0.0716. The Kier molecular flexibility index (Phi) is 5.16. The maximum absolute atomic E-state index is 12.5. The van der Waals surface area contributed by atoms with Crippen LogP contribution in [0.4, 0.5) is 18.9 Å². The minimum Gasteiger partial charge on any atom is -0.469 e. The van der Waals surface area contributed by atoms with Crippen molar-refractivity contribution in [3.8, 4) is 0 Å². The lowest BCUT2D eigenvalue weighted by Crippen LogP contribution is -2.28. The monoisotopic (exact) mass is 377 g/mol. The van der Waals surface area contributed by atoms with Crippen molar-refractivity contribution in [3.05, 3.63) is 40.4 Å². The van der Waals surface area contributed by atoms with E-state index in [9.17, 15) is 18.0 Å². The Bertz CT molecular complexity index is 569. The number of alkyl halides is 3. The summed E-state index contributed by atoms with van der Waals surface area (Å²) >= 11 is 3.41. The van der Waals surface area contributed by atoms with Crippen molar-refractivity contribution in [2.24, 2.45) is 5.92 Å². The molecule has 0 bridgehead atoms. The summed E-state index contributed by atoms with van der Waals surface area (Å²) in [6.45, 7) is 0. The molecule has 3 nitrogen and oxygen atoms in total. The van der Waals surface area contributed by atoms with E-state index in [1.165, 1.54) is 19.2 Å². The molecule has 0 fully saturated rings. The minimum atomic E-state index is -4.34. The standard InChI is InChI=1S/C15H15BrF3NO2/c1-22-14(21)9-2-7-13(12(16)8-9)20-11-5-3-10(4-6-11)15(17,18)19/h3-6,8-9,13,20H,2,7H2,1H3. The molecule has 0 radical (unpaired) electrons. The van der Waals surface area contributed by atoms with Crippen LogP contribution in [0.25, 0.3) is 0 Å². The van der Waals surface area contributed by atoms with Crippen LogP contribution in [0.15, 0.2) is 34.8 Å². The lowest BCUT2D eigenvalue weighted by molar-refractivity contribution is -0.144. The summed E-state index contributed by atoms with van der Waals surface area (Å²) in [5, 5.41) is 3.15. The van der Waals surface area contributed by atoms with E-state index in [2.05, 4.69) is 21.2 Å². The van der Waals surface area contributed by atoms with Crippen molar-refractivity contribution in [2.75, 3.05) is 12.4 Å². The van der Waals surface area contributed by atoms with Gasteiger partial charge in [0.25, 0.3) is 0 Å². The molecule has 2 atom stereocenters. The van der Waals surface area contributed by atoms with Gasteiger partial charge in [-0.1, -0.05) is 22.0 Å². The second kappa shape index (κ2) is 6.73. The second-order valence-corrected chi connectivity index (χ2v) is 5.95. The molecule has 0 spiro atoms. The lowest BCUT2D eigenvalue weighted by Gasteiger charge is -2.26. The van der Waals surface area contributed by atoms with Crippen LogP contribution in [0.3, 0.4) is 0 Å². The number of esters is 1. The van der Waals surface area contributed by atoms with Gasteiger partial charge in [-0.2, -0.15) is 13.2 Å². The zero-order valence-corrected chi connectivity index (χ0v) is 13.4. The van der Waals surface area contributed by atoms with E-state index in [0.717, 1.165) is 16.6 Å². The quantitative estimate of drug-likeness (QED) is 0.795. The highest BCUT2D eigenvalue weighted by Gasteiger charge is 2.30. The van der Waals surface area contributed by atoms with E-state index in [0.29, 0.717) is 18.5 Å². The number of nitrogens with one attached hydrogen (secondary N) is 1. The highest BCUT2D eigenvalue weighted by Crippen LogP contribution is 2.32. The first-order valence-electron chi connectivity index (χ1n) is 6.70. The summed E-state index contributed by atoms with van der Waals surface area (Å²) in [5.41, 5.74) is -0.0816. The zero-order valence-electron chi connectivity index (χ0n) is 11.8. The molecule has 7 heteroatoms. The molecular formula is C15H15BrF3NO2. The fourth-order valence-electron chi connectivity index (χ4n) is 2.31. The summed E-state index contributed by atoms with van der Waals surface area (Å²) in [6, 6.07) is 4.81. The zero-order chi connectivity index (χ0) is 16.3. The van der Waals surface area contributed by atoms with Crippen molar-refractivity contribution in [1.82, 2.24) is 0 Å². The highest BCUT2D eigenvalue weighted by atomic mass is 79.9. The molecule has 120 valence electrons. The van der Waals surface area contributed by atoms with Gasteiger partial charge in [-0.05, 0) is 37.1 Å². The van der Waals surface area contributed by atoms with Gasteiger partial charge >= 0.3 is 12.1 Å². The predicted octanol–water partition coefficient (Wildman–Crippen LogP) is 4.35. The molecule has 1 aromatic carbocycles. The number of carbonyl (C=O) groups excluding carboxylic acids is 1. The van der Waals surface area contributed by atoms with Crippen molar-refractivity contribution in [3.63, 3.8) is 0 Å². The van der Waals surface area contributed by atoms with E-state index < -0.39 is 11.7 Å². The van der Waals surface area contributed by atoms with Crippen molar-refractivity contribution in [2.45, 2.75) is 25.1 Å².